The van der Waals surface area contributed by atoms with Crippen LogP contribution in [0, 0.1) is 0 Å². The first kappa shape index (κ1) is 48.9. The van der Waals surface area contributed by atoms with Crippen LogP contribution >= 0.6 is 0 Å². The minimum absolute atomic E-state index is 0.106. The third-order valence-electron chi connectivity index (χ3n) is 8.85. The molecule has 2 N–H and O–H groups in total. The zero-order chi connectivity index (χ0) is 38.0. The molecule has 0 aliphatic carbocycles. The van der Waals surface area contributed by atoms with Gasteiger partial charge in [0.1, 0.15) is 12.6 Å². The first-order valence-corrected chi connectivity index (χ1v) is 21.1. The summed E-state index contributed by atoms with van der Waals surface area (Å²) >= 11 is 0. The SMILES string of the molecule is CC/C=C\C/C=C\C/C=C\C/C=C\CCCCCCCCCCCCC(=O)OC(/C=C\C/C=C\CCCCC)CCCCCCC(=O)NCC(=O)O. The van der Waals surface area contributed by atoms with Gasteiger partial charge < -0.3 is 15.2 Å². The largest absolute Gasteiger partial charge is 0.480 e. The Balaban J connectivity index is 4.03. The number of unbranched alkanes of at least 4 members (excludes halogenated alkanes) is 16. The van der Waals surface area contributed by atoms with Crippen LogP contribution in [0.1, 0.15) is 187 Å². The number of carbonyl (C=O) groups is 3. The fourth-order valence-electron chi connectivity index (χ4n) is 5.75. The first-order valence-electron chi connectivity index (χ1n) is 21.1. The van der Waals surface area contributed by atoms with Crippen molar-refractivity contribution in [2.24, 2.45) is 0 Å². The summed E-state index contributed by atoms with van der Waals surface area (Å²) in [7, 11) is 0. The van der Waals surface area contributed by atoms with Crippen LogP contribution in [0.2, 0.25) is 0 Å². The molecule has 1 amide bonds. The molecule has 0 rings (SSSR count). The van der Waals surface area contributed by atoms with Gasteiger partial charge in [-0.15, -0.1) is 0 Å². The number of carboxylic acids is 1. The Morgan fingerprint density at radius 2 is 1.00 bits per heavy atom. The second-order valence-corrected chi connectivity index (χ2v) is 13.9. The summed E-state index contributed by atoms with van der Waals surface area (Å²) in [6.07, 6.45) is 54.8. The van der Waals surface area contributed by atoms with Crippen molar-refractivity contribution in [1.82, 2.24) is 5.32 Å². The molecule has 1 unspecified atom stereocenters. The van der Waals surface area contributed by atoms with Crippen LogP contribution in [-0.2, 0) is 19.1 Å². The zero-order valence-electron chi connectivity index (χ0n) is 33.4. The van der Waals surface area contributed by atoms with E-state index < -0.39 is 5.97 Å². The van der Waals surface area contributed by atoms with Crippen molar-refractivity contribution in [2.75, 3.05) is 6.54 Å². The van der Waals surface area contributed by atoms with E-state index in [1.165, 1.54) is 77.0 Å². The van der Waals surface area contributed by atoms with Gasteiger partial charge in [-0.3, -0.25) is 14.4 Å². The maximum atomic E-state index is 12.7. The molecule has 0 aliphatic rings. The summed E-state index contributed by atoms with van der Waals surface area (Å²) in [6.45, 7) is 4.05. The van der Waals surface area contributed by atoms with Crippen molar-refractivity contribution < 1.29 is 24.2 Å². The number of aliphatic carboxylic acids is 1. The van der Waals surface area contributed by atoms with Gasteiger partial charge >= 0.3 is 11.9 Å². The zero-order valence-corrected chi connectivity index (χ0v) is 33.4. The molecule has 0 aromatic heterocycles. The van der Waals surface area contributed by atoms with Crippen LogP contribution < -0.4 is 5.32 Å². The lowest BCUT2D eigenvalue weighted by Gasteiger charge is -2.14. The van der Waals surface area contributed by atoms with Gasteiger partial charge in [0.25, 0.3) is 0 Å². The van der Waals surface area contributed by atoms with Crippen molar-refractivity contribution >= 4 is 17.8 Å². The number of ether oxygens (including phenoxy) is 1. The predicted octanol–water partition coefficient (Wildman–Crippen LogP) is 13.0. The topological polar surface area (TPSA) is 92.7 Å². The fraction of sp³-hybridized carbons (Fsp3) is 0.674. The van der Waals surface area contributed by atoms with E-state index in [9.17, 15) is 14.4 Å². The lowest BCUT2D eigenvalue weighted by Crippen LogP contribution is -2.28. The lowest BCUT2D eigenvalue weighted by atomic mass is 10.0. The number of hydrogen-bond donors (Lipinski definition) is 2. The molecule has 1 atom stereocenters. The van der Waals surface area contributed by atoms with Gasteiger partial charge in [-0.05, 0) is 89.5 Å². The number of carbonyl (C=O) groups excluding carboxylic acids is 2. The molecule has 0 radical (unpaired) electrons. The monoisotopic (exact) mass is 724 g/mol. The van der Waals surface area contributed by atoms with Crippen LogP contribution in [0.5, 0.6) is 0 Å². The second-order valence-electron chi connectivity index (χ2n) is 13.9. The van der Waals surface area contributed by atoms with E-state index in [2.05, 4.69) is 86.0 Å². The molecular weight excluding hydrogens is 647 g/mol. The molecule has 6 nitrogen and oxygen atoms in total. The third kappa shape index (κ3) is 39.6. The summed E-state index contributed by atoms with van der Waals surface area (Å²) in [4.78, 5) is 34.9. The molecule has 0 aromatic carbocycles. The molecule has 0 saturated carbocycles. The summed E-state index contributed by atoms with van der Waals surface area (Å²) in [5, 5.41) is 11.1. The third-order valence-corrected chi connectivity index (χ3v) is 8.85. The molecule has 6 heteroatoms. The normalized spacial score (nSPS) is 12.8. The number of allylic oxidation sites excluding steroid dienone is 11. The van der Waals surface area contributed by atoms with Crippen molar-refractivity contribution in [3.63, 3.8) is 0 Å². The molecule has 0 bridgehead atoms. The Bertz CT molecular complexity index is 1020. The minimum Gasteiger partial charge on any atom is -0.480 e. The van der Waals surface area contributed by atoms with Gasteiger partial charge in [0, 0.05) is 12.8 Å². The highest BCUT2D eigenvalue weighted by atomic mass is 16.5. The summed E-state index contributed by atoms with van der Waals surface area (Å²) < 4.78 is 5.88. The maximum absolute atomic E-state index is 12.7. The van der Waals surface area contributed by atoms with Gasteiger partial charge in [-0.25, -0.2) is 0 Å². The Morgan fingerprint density at radius 1 is 0.538 bits per heavy atom. The molecule has 0 heterocycles. The number of nitrogens with one attached hydrogen (secondary N) is 1. The predicted molar refractivity (Wildman–Crippen MR) is 221 cm³/mol. The number of hydrogen-bond acceptors (Lipinski definition) is 4. The highest BCUT2D eigenvalue weighted by Crippen LogP contribution is 2.15. The van der Waals surface area contributed by atoms with Gasteiger partial charge in [0.05, 0.1) is 0 Å². The number of carboxylic acid groups (broad SMARTS) is 1. The van der Waals surface area contributed by atoms with E-state index >= 15 is 0 Å². The van der Waals surface area contributed by atoms with Crippen LogP contribution in [0.4, 0.5) is 0 Å². The first-order chi connectivity index (χ1) is 25.5. The summed E-state index contributed by atoms with van der Waals surface area (Å²) in [6, 6.07) is 0. The highest BCUT2D eigenvalue weighted by molar-refractivity contribution is 5.80. The molecule has 0 aromatic rings. The molecule has 296 valence electrons. The van der Waals surface area contributed by atoms with Crippen molar-refractivity contribution in [1.29, 1.82) is 0 Å². The van der Waals surface area contributed by atoms with Crippen LogP contribution in [-0.4, -0.2) is 35.6 Å². The molecule has 52 heavy (non-hydrogen) atoms. The van der Waals surface area contributed by atoms with E-state index in [-0.39, 0.29) is 24.5 Å². The van der Waals surface area contributed by atoms with Crippen molar-refractivity contribution in [2.45, 2.75) is 193 Å². The van der Waals surface area contributed by atoms with E-state index in [0.717, 1.165) is 83.5 Å². The van der Waals surface area contributed by atoms with E-state index in [0.29, 0.717) is 12.8 Å². The molecule has 0 fully saturated rings. The highest BCUT2D eigenvalue weighted by Gasteiger charge is 2.12. The van der Waals surface area contributed by atoms with Crippen LogP contribution in [0.3, 0.4) is 0 Å². The van der Waals surface area contributed by atoms with Crippen LogP contribution in [0.15, 0.2) is 72.9 Å². The smallest absolute Gasteiger partial charge is 0.322 e. The van der Waals surface area contributed by atoms with E-state index in [1.807, 2.05) is 6.08 Å². The van der Waals surface area contributed by atoms with Crippen molar-refractivity contribution in [3.8, 4) is 0 Å². The molecular formula is C46H77NO5. The Morgan fingerprint density at radius 3 is 1.56 bits per heavy atom. The van der Waals surface area contributed by atoms with Gasteiger partial charge in [0.15, 0.2) is 0 Å². The number of rotatable bonds is 37. The average Bonchev–Trinajstić information content (AvgIpc) is 3.13. The average molecular weight is 724 g/mol. The number of esters is 1. The lowest BCUT2D eigenvalue weighted by molar-refractivity contribution is -0.147. The van der Waals surface area contributed by atoms with E-state index in [4.69, 9.17) is 9.84 Å². The molecule has 0 aliphatic heterocycles. The Kier molecular flexibility index (Phi) is 38.2. The van der Waals surface area contributed by atoms with Crippen LogP contribution in [0.25, 0.3) is 0 Å². The van der Waals surface area contributed by atoms with Gasteiger partial charge in [-0.2, -0.15) is 0 Å². The fourth-order valence-corrected chi connectivity index (χ4v) is 5.75. The van der Waals surface area contributed by atoms with Gasteiger partial charge in [0.2, 0.25) is 5.91 Å². The van der Waals surface area contributed by atoms with Crippen molar-refractivity contribution in [3.05, 3.63) is 72.9 Å². The van der Waals surface area contributed by atoms with E-state index in [1.54, 1.807) is 0 Å². The summed E-state index contributed by atoms with van der Waals surface area (Å²) in [5.41, 5.74) is 0. The maximum Gasteiger partial charge on any atom is 0.322 e. The standard InChI is InChI=1S/C46H77NO5/c1-3-5-7-9-11-13-14-15-16-17-18-19-20-21-22-23-24-25-26-27-29-31-37-41-46(51)52-43(38-34-30-28-12-10-8-6-4-2)39-35-32-33-36-40-44(48)47-42-45(49)50/h5,7,11-13,15-16,18-19,28,34,38,43H,3-4,6,8-10,14,17,20-27,29-33,35-37,39-42H2,1-2H3,(H,47,48)(H,49,50)/b7-5-,13-11-,16-15-,19-18-,28-12-,38-34-. The minimum atomic E-state index is -1.03. The Labute approximate surface area is 319 Å². The van der Waals surface area contributed by atoms with Gasteiger partial charge in [-0.1, -0.05) is 158 Å². The number of amides is 1. The Hall–Kier alpha value is -3.15. The quantitative estimate of drug-likeness (QED) is 0.0378. The molecule has 0 saturated heterocycles. The summed E-state index contributed by atoms with van der Waals surface area (Å²) in [5.74, 6) is -1.36. The molecule has 0 spiro atoms. The second kappa shape index (κ2) is 40.6.